The molecule has 2 amide bonds. The van der Waals surface area contributed by atoms with Gasteiger partial charge in [-0.25, -0.2) is 0 Å². The maximum absolute atomic E-state index is 12.8. The van der Waals surface area contributed by atoms with Gasteiger partial charge in [-0.3, -0.25) is 9.59 Å². The van der Waals surface area contributed by atoms with Gasteiger partial charge in [0.05, 0.1) is 6.54 Å². The quantitative estimate of drug-likeness (QED) is 0.905. The van der Waals surface area contributed by atoms with E-state index < -0.39 is 6.04 Å². The molecular weight excluding hydrogens is 264 g/mol. The van der Waals surface area contributed by atoms with Gasteiger partial charge in [0.25, 0.3) is 5.91 Å². The summed E-state index contributed by atoms with van der Waals surface area (Å²) in [5, 5.41) is 2.83. The summed E-state index contributed by atoms with van der Waals surface area (Å²) in [6.45, 7) is 4.62. The molecular formula is C17H22N2O2. The summed E-state index contributed by atoms with van der Waals surface area (Å²) in [5.74, 6) is 1.04. The summed E-state index contributed by atoms with van der Waals surface area (Å²) >= 11 is 0. The number of piperazine rings is 1. The summed E-state index contributed by atoms with van der Waals surface area (Å²) < 4.78 is 0. The molecule has 1 saturated carbocycles. The zero-order chi connectivity index (χ0) is 15.0. The van der Waals surface area contributed by atoms with Crippen molar-refractivity contribution < 1.29 is 9.59 Å². The van der Waals surface area contributed by atoms with Crippen molar-refractivity contribution in [2.24, 2.45) is 11.8 Å². The maximum Gasteiger partial charge on any atom is 0.250 e. The van der Waals surface area contributed by atoms with Gasteiger partial charge in [0.1, 0.15) is 6.04 Å². The molecule has 112 valence electrons. The monoisotopic (exact) mass is 286 g/mol. The SMILES string of the molecule is CC1CCC(N2CC(=O)NC(c3ccccc3)C2=O)C1C. The van der Waals surface area contributed by atoms with E-state index in [4.69, 9.17) is 0 Å². The Morgan fingerprint density at radius 1 is 1.10 bits per heavy atom. The molecule has 4 unspecified atom stereocenters. The molecule has 21 heavy (non-hydrogen) atoms. The molecule has 0 radical (unpaired) electrons. The van der Waals surface area contributed by atoms with E-state index in [9.17, 15) is 9.59 Å². The largest absolute Gasteiger partial charge is 0.339 e. The number of benzene rings is 1. The third-order valence-electron chi connectivity index (χ3n) is 5.10. The Balaban J connectivity index is 1.86. The first kappa shape index (κ1) is 14.1. The van der Waals surface area contributed by atoms with Crippen LogP contribution >= 0.6 is 0 Å². The average molecular weight is 286 g/mol. The third-order valence-corrected chi connectivity index (χ3v) is 5.10. The molecule has 1 aliphatic carbocycles. The Labute approximate surface area is 125 Å². The number of carbonyl (C=O) groups is 2. The van der Waals surface area contributed by atoms with Crippen LogP contribution in [0.15, 0.2) is 30.3 Å². The average Bonchev–Trinajstić information content (AvgIpc) is 2.82. The van der Waals surface area contributed by atoms with Gasteiger partial charge in [-0.1, -0.05) is 44.2 Å². The summed E-state index contributed by atoms with van der Waals surface area (Å²) in [6.07, 6.45) is 2.14. The lowest BCUT2D eigenvalue weighted by molar-refractivity contribution is -0.147. The fraction of sp³-hybridized carbons (Fsp3) is 0.529. The van der Waals surface area contributed by atoms with Gasteiger partial charge >= 0.3 is 0 Å². The Morgan fingerprint density at radius 3 is 2.43 bits per heavy atom. The standard InChI is InChI=1S/C17H22N2O2/c1-11-8-9-14(12(11)2)19-10-15(20)18-16(17(19)21)13-6-4-3-5-7-13/h3-7,11-12,14,16H,8-10H2,1-2H3,(H,18,20). The molecule has 0 spiro atoms. The minimum atomic E-state index is -0.532. The Bertz CT molecular complexity index is 543. The predicted molar refractivity (Wildman–Crippen MR) is 80.4 cm³/mol. The summed E-state index contributed by atoms with van der Waals surface area (Å²) in [5.41, 5.74) is 0.860. The van der Waals surface area contributed by atoms with Crippen LogP contribution in [0.2, 0.25) is 0 Å². The summed E-state index contributed by atoms with van der Waals surface area (Å²) in [4.78, 5) is 26.7. The van der Waals surface area contributed by atoms with Crippen LogP contribution in [-0.4, -0.2) is 29.3 Å². The van der Waals surface area contributed by atoms with E-state index in [1.165, 1.54) is 0 Å². The molecule has 2 aliphatic rings. The van der Waals surface area contributed by atoms with Gasteiger partial charge in [0, 0.05) is 6.04 Å². The predicted octanol–water partition coefficient (Wildman–Crippen LogP) is 2.12. The number of hydrogen-bond donors (Lipinski definition) is 1. The minimum Gasteiger partial charge on any atom is -0.339 e. The fourth-order valence-corrected chi connectivity index (χ4v) is 3.60. The number of nitrogens with zero attached hydrogens (tertiary/aromatic N) is 1. The van der Waals surface area contributed by atoms with Crippen molar-refractivity contribution in [3.63, 3.8) is 0 Å². The lowest BCUT2D eigenvalue weighted by atomic mass is 9.94. The van der Waals surface area contributed by atoms with Crippen LogP contribution in [-0.2, 0) is 9.59 Å². The molecule has 1 saturated heterocycles. The zero-order valence-electron chi connectivity index (χ0n) is 12.6. The summed E-state index contributed by atoms with van der Waals surface area (Å²) in [6, 6.07) is 9.17. The van der Waals surface area contributed by atoms with Crippen LogP contribution in [0.25, 0.3) is 0 Å². The zero-order valence-corrected chi connectivity index (χ0v) is 12.6. The molecule has 4 nitrogen and oxygen atoms in total. The molecule has 1 aliphatic heterocycles. The lowest BCUT2D eigenvalue weighted by Crippen LogP contribution is -2.57. The molecule has 1 heterocycles. The van der Waals surface area contributed by atoms with Gasteiger partial charge in [-0.05, 0) is 30.2 Å². The van der Waals surface area contributed by atoms with Gasteiger partial charge in [-0.15, -0.1) is 0 Å². The molecule has 0 aromatic heterocycles. The Kier molecular flexibility index (Phi) is 3.70. The first-order valence-corrected chi connectivity index (χ1v) is 7.72. The highest BCUT2D eigenvalue weighted by atomic mass is 16.2. The van der Waals surface area contributed by atoms with Crippen molar-refractivity contribution in [1.29, 1.82) is 0 Å². The molecule has 4 heteroatoms. The number of carbonyl (C=O) groups excluding carboxylic acids is 2. The van der Waals surface area contributed by atoms with Gasteiger partial charge < -0.3 is 10.2 Å². The smallest absolute Gasteiger partial charge is 0.250 e. The van der Waals surface area contributed by atoms with Gasteiger partial charge in [0.15, 0.2) is 0 Å². The molecule has 0 bridgehead atoms. The number of hydrogen-bond acceptors (Lipinski definition) is 2. The van der Waals surface area contributed by atoms with Crippen LogP contribution in [0.4, 0.5) is 0 Å². The maximum atomic E-state index is 12.8. The van der Waals surface area contributed by atoms with Crippen molar-refractivity contribution in [3.8, 4) is 0 Å². The van der Waals surface area contributed by atoms with E-state index in [0.29, 0.717) is 11.8 Å². The van der Waals surface area contributed by atoms with Crippen LogP contribution in [0, 0.1) is 11.8 Å². The van der Waals surface area contributed by atoms with Gasteiger partial charge in [0.2, 0.25) is 5.91 Å². The molecule has 1 aromatic rings. The molecule has 1 aromatic carbocycles. The van der Waals surface area contributed by atoms with Crippen molar-refractivity contribution in [3.05, 3.63) is 35.9 Å². The first-order chi connectivity index (χ1) is 10.1. The van der Waals surface area contributed by atoms with E-state index in [-0.39, 0.29) is 24.4 Å². The van der Waals surface area contributed by atoms with Crippen molar-refractivity contribution in [2.75, 3.05) is 6.54 Å². The van der Waals surface area contributed by atoms with Crippen LogP contribution < -0.4 is 5.32 Å². The highest BCUT2D eigenvalue weighted by Gasteiger charge is 2.42. The second kappa shape index (κ2) is 5.51. The topological polar surface area (TPSA) is 49.4 Å². The highest BCUT2D eigenvalue weighted by molar-refractivity contribution is 5.95. The van der Waals surface area contributed by atoms with E-state index in [0.717, 1.165) is 18.4 Å². The fourth-order valence-electron chi connectivity index (χ4n) is 3.60. The van der Waals surface area contributed by atoms with Crippen LogP contribution in [0.3, 0.4) is 0 Å². The van der Waals surface area contributed by atoms with Crippen molar-refractivity contribution in [1.82, 2.24) is 10.2 Å². The van der Waals surface area contributed by atoms with Crippen LogP contribution in [0.5, 0.6) is 0 Å². The van der Waals surface area contributed by atoms with Crippen molar-refractivity contribution >= 4 is 11.8 Å². The highest BCUT2D eigenvalue weighted by Crippen LogP contribution is 2.36. The van der Waals surface area contributed by atoms with Gasteiger partial charge in [-0.2, -0.15) is 0 Å². The second-order valence-electron chi connectivity index (χ2n) is 6.36. The third kappa shape index (κ3) is 2.55. The van der Waals surface area contributed by atoms with E-state index in [1.807, 2.05) is 35.2 Å². The van der Waals surface area contributed by atoms with Crippen molar-refractivity contribution in [2.45, 2.75) is 38.8 Å². The lowest BCUT2D eigenvalue weighted by Gasteiger charge is -2.38. The second-order valence-corrected chi connectivity index (χ2v) is 6.36. The number of rotatable bonds is 2. The first-order valence-electron chi connectivity index (χ1n) is 7.72. The van der Waals surface area contributed by atoms with Crippen LogP contribution in [0.1, 0.15) is 38.3 Å². The molecule has 2 fully saturated rings. The summed E-state index contributed by atoms with van der Waals surface area (Å²) in [7, 11) is 0. The van der Waals surface area contributed by atoms with E-state index in [2.05, 4.69) is 19.2 Å². The van der Waals surface area contributed by atoms with E-state index in [1.54, 1.807) is 0 Å². The molecule has 1 N–H and O–H groups in total. The molecule has 4 atom stereocenters. The Hall–Kier alpha value is -1.84. The molecule has 3 rings (SSSR count). The number of amides is 2. The normalized spacial score (nSPS) is 33.1. The van der Waals surface area contributed by atoms with E-state index >= 15 is 0 Å². The minimum absolute atomic E-state index is 0.0340. The Morgan fingerprint density at radius 2 is 1.81 bits per heavy atom. The number of nitrogens with one attached hydrogen (secondary N) is 1.